The van der Waals surface area contributed by atoms with E-state index in [2.05, 4.69) is 31.2 Å². The SMILES string of the molecule is CNCCC1CCN(c2ccnc3[nH]c4cnc(N)cc4c23)C1. The molecule has 1 saturated heterocycles. The summed E-state index contributed by atoms with van der Waals surface area (Å²) in [5.74, 6) is 1.30. The van der Waals surface area contributed by atoms with Gasteiger partial charge in [0.1, 0.15) is 11.5 Å². The number of nitrogens with two attached hydrogens (primary N) is 1. The van der Waals surface area contributed by atoms with Crippen LogP contribution < -0.4 is 16.0 Å². The number of nitrogen functional groups attached to an aromatic ring is 1. The summed E-state index contributed by atoms with van der Waals surface area (Å²) in [6, 6.07) is 4.06. The first-order valence-electron chi connectivity index (χ1n) is 8.17. The topological polar surface area (TPSA) is 82.9 Å². The van der Waals surface area contributed by atoms with E-state index < -0.39 is 0 Å². The highest BCUT2D eigenvalue weighted by molar-refractivity contribution is 6.12. The van der Waals surface area contributed by atoms with Gasteiger partial charge in [-0.25, -0.2) is 9.97 Å². The molecule has 0 amide bonds. The van der Waals surface area contributed by atoms with Gasteiger partial charge in [0.15, 0.2) is 0 Å². The molecule has 0 spiro atoms. The maximum Gasteiger partial charge on any atom is 0.140 e. The predicted molar refractivity (Wildman–Crippen MR) is 94.7 cm³/mol. The highest BCUT2D eigenvalue weighted by atomic mass is 15.2. The minimum atomic E-state index is 0.543. The lowest BCUT2D eigenvalue weighted by Gasteiger charge is -2.20. The Morgan fingerprint density at radius 1 is 1.43 bits per heavy atom. The molecule has 0 aromatic carbocycles. The second-order valence-corrected chi connectivity index (χ2v) is 6.33. The first-order valence-corrected chi connectivity index (χ1v) is 8.17. The zero-order valence-electron chi connectivity index (χ0n) is 13.3. The largest absolute Gasteiger partial charge is 0.384 e. The maximum atomic E-state index is 5.89. The van der Waals surface area contributed by atoms with Crippen LogP contribution >= 0.6 is 0 Å². The van der Waals surface area contributed by atoms with Crippen molar-refractivity contribution in [3.05, 3.63) is 24.5 Å². The second-order valence-electron chi connectivity index (χ2n) is 6.33. The summed E-state index contributed by atoms with van der Waals surface area (Å²) in [6.45, 7) is 3.29. The number of hydrogen-bond donors (Lipinski definition) is 3. The number of aromatic amines is 1. The number of pyridine rings is 2. The molecule has 1 fully saturated rings. The summed E-state index contributed by atoms with van der Waals surface area (Å²) >= 11 is 0. The molecule has 6 heteroatoms. The van der Waals surface area contributed by atoms with Gasteiger partial charge in [0.05, 0.1) is 17.1 Å². The van der Waals surface area contributed by atoms with Crippen molar-refractivity contribution >= 4 is 33.4 Å². The van der Waals surface area contributed by atoms with E-state index in [1.165, 1.54) is 18.5 Å². The fourth-order valence-corrected chi connectivity index (χ4v) is 3.62. The van der Waals surface area contributed by atoms with Gasteiger partial charge in [-0.15, -0.1) is 0 Å². The standard InChI is InChI=1S/C17H22N6/c1-19-5-2-11-4-7-23(10-11)14-3-6-20-17-16(14)12-8-15(18)21-9-13(12)22-17/h3,6,8-9,11,19H,2,4-5,7,10H2,1H3,(H2,18,21)(H,20,22). The Morgan fingerprint density at radius 3 is 3.22 bits per heavy atom. The van der Waals surface area contributed by atoms with E-state index in [1.807, 2.05) is 19.3 Å². The summed E-state index contributed by atoms with van der Waals surface area (Å²) in [5, 5.41) is 5.51. The van der Waals surface area contributed by atoms with E-state index in [1.54, 1.807) is 6.20 Å². The predicted octanol–water partition coefficient (Wildman–Crippen LogP) is 2.13. The molecular weight excluding hydrogens is 288 g/mol. The van der Waals surface area contributed by atoms with Gasteiger partial charge in [-0.3, -0.25) is 0 Å². The Hall–Kier alpha value is -2.34. The van der Waals surface area contributed by atoms with Crippen LogP contribution in [0.5, 0.6) is 0 Å². The summed E-state index contributed by atoms with van der Waals surface area (Å²) in [6.07, 6.45) is 6.14. The highest BCUT2D eigenvalue weighted by Gasteiger charge is 2.24. The monoisotopic (exact) mass is 310 g/mol. The number of fused-ring (bicyclic) bond motifs is 3. The van der Waals surface area contributed by atoms with Crippen molar-refractivity contribution in [1.29, 1.82) is 0 Å². The van der Waals surface area contributed by atoms with Crippen LogP contribution in [0.3, 0.4) is 0 Å². The Bertz CT molecular complexity index is 840. The minimum Gasteiger partial charge on any atom is -0.384 e. The van der Waals surface area contributed by atoms with E-state index in [4.69, 9.17) is 5.73 Å². The number of hydrogen-bond acceptors (Lipinski definition) is 5. The summed E-state index contributed by atoms with van der Waals surface area (Å²) in [4.78, 5) is 14.5. The molecule has 1 atom stereocenters. The molecule has 4 heterocycles. The number of H-pyrrole nitrogens is 1. The normalized spacial score (nSPS) is 18.3. The molecule has 3 aromatic heterocycles. The lowest BCUT2D eigenvalue weighted by molar-refractivity contribution is 0.521. The van der Waals surface area contributed by atoms with E-state index in [-0.39, 0.29) is 0 Å². The number of rotatable bonds is 4. The van der Waals surface area contributed by atoms with Gasteiger partial charge < -0.3 is 20.9 Å². The molecule has 4 rings (SSSR count). The van der Waals surface area contributed by atoms with Crippen LogP contribution in [-0.4, -0.2) is 41.6 Å². The quantitative estimate of drug-likeness (QED) is 0.687. The summed E-state index contributed by atoms with van der Waals surface area (Å²) in [5.41, 5.74) is 9.03. The van der Waals surface area contributed by atoms with Gasteiger partial charge in [-0.2, -0.15) is 0 Å². The fraction of sp³-hybridized carbons (Fsp3) is 0.412. The van der Waals surface area contributed by atoms with Crippen LogP contribution in [0.1, 0.15) is 12.8 Å². The summed E-state index contributed by atoms with van der Waals surface area (Å²) < 4.78 is 0. The smallest absolute Gasteiger partial charge is 0.140 e. The molecule has 1 aliphatic rings. The van der Waals surface area contributed by atoms with Crippen LogP contribution in [0.15, 0.2) is 24.5 Å². The molecule has 120 valence electrons. The Kier molecular flexibility index (Phi) is 3.53. The number of nitrogens with one attached hydrogen (secondary N) is 2. The minimum absolute atomic E-state index is 0.543. The molecule has 23 heavy (non-hydrogen) atoms. The van der Waals surface area contributed by atoms with Gasteiger partial charge in [0.2, 0.25) is 0 Å². The lowest BCUT2D eigenvalue weighted by Crippen LogP contribution is -2.21. The maximum absolute atomic E-state index is 5.89. The number of nitrogens with zero attached hydrogens (tertiary/aromatic N) is 3. The molecule has 6 nitrogen and oxygen atoms in total. The van der Waals surface area contributed by atoms with Crippen molar-refractivity contribution in [2.24, 2.45) is 5.92 Å². The Morgan fingerprint density at radius 2 is 2.35 bits per heavy atom. The average molecular weight is 310 g/mol. The molecule has 1 unspecified atom stereocenters. The average Bonchev–Trinajstić information content (AvgIpc) is 3.17. The van der Waals surface area contributed by atoms with Crippen LogP contribution in [0.25, 0.3) is 21.9 Å². The molecule has 0 saturated carbocycles. The van der Waals surface area contributed by atoms with E-state index >= 15 is 0 Å². The van der Waals surface area contributed by atoms with Crippen LogP contribution in [0.2, 0.25) is 0 Å². The molecule has 1 aliphatic heterocycles. The highest BCUT2D eigenvalue weighted by Crippen LogP contribution is 2.35. The molecule has 0 radical (unpaired) electrons. The first-order chi connectivity index (χ1) is 11.3. The van der Waals surface area contributed by atoms with E-state index in [9.17, 15) is 0 Å². The van der Waals surface area contributed by atoms with Gasteiger partial charge >= 0.3 is 0 Å². The van der Waals surface area contributed by atoms with Crippen molar-refractivity contribution in [3.63, 3.8) is 0 Å². The molecular formula is C17H22N6. The van der Waals surface area contributed by atoms with E-state index in [0.29, 0.717) is 5.82 Å². The number of aromatic nitrogens is 3. The second kappa shape index (κ2) is 5.70. The van der Waals surface area contributed by atoms with Crippen LogP contribution in [0.4, 0.5) is 11.5 Å². The van der Waals surface area contributed by atoms with Gasteiger partial charge in [-0.1, -0.05) is 0 Å². The van der Waals surface area contributed by atoms with Gasteiger partial charge in [-0.05, 0) is 44.5 Å². The third-order valence-electron chi connectivity index (χ3n) is 4.81. The first kappa shape index (κ1) is 14.3. The zero-order chi connectivity index (χ0) is 15.8. The zero-order valence-corrected chi connectivity index (χ0v) is 13.3. The van der Waals surface area contributed by atoms with Crippen molar-refractivity contribution in [1.82, 2.24) is 20.3 Å². The van der Waals surface area contributed by atoms with Crippen LogP contribution in [0, 0.1) is 5.92 Å². The Labute approximate surface area is 135 Å². The third-order valence-corrected chi connectivity index (χ3v) is 4.81. The van der Waals surface area contributed by atoms with Crippen molar-refractivity contribution in [3.8, 4) is 0 Å². The molecule has 3 aromatic rings. The lowest BCUT2D eigenvalue weighted by atomic mass is 10.1. The number of anilines is 2. The molecule has 4 N–H and O–H groups in total. The van der Waals surface area contributed by atoms with Crippen molar-refractivity contribution in [2.75, 3.05) is 37.3 Å². The Balaban J connectivity index is 1.75. The molecule has 0 aliphatic carbocycles. The van der Waals surface area contributed by atoms with Crippen LogP contribution in [-0.2, 0) is 0 Å². The van der Waals surface area contributed by atoms with Gasteiger partial charge in [0.25, 0.3) is 0 Å². The van der Waals surface area contributed by atoms with Crippen molar-refractivity contribution in [2.45, 2.75) is 12.8 Å². The van der Waals surface area contributed by atoms with Gasteiger partial charge in [0, 0.05) is 30.4 Å². The summed E-state index contributed by atoms with van der Waals surface area (Å²) in [7, 11) is 2.02. The third kappa shape index (κ3) is 2.49. The molecule has 0 bridgehead atoms. The van der Waals surface area contributed by atoms with Crippen molar-refractivity contribution < 1.29 is 0 Å². The fourth-order valence-electron chi connectivity index (χ4n) is 3.62. The van der Waals surface area contributed by atoms with E-state index in [0.717, 1.165) is 47.5 Å².